The summed E-state index contributed by atoms with van der Waals surface area (Å²) in [6, 6.07) is 4.06. The van der Waals surface area contributed by atoms with Gasteiger partial charge in [-0.05, 0) is 24.6 Å². The molecular formula is C11H12ClFN2O. The van der Waals surface area contributed by atoms with Gasteiger partial charge in [-0.25, -0.2) is 4.39 Å². The maximum Gasteiger partial charge on any atom is 0.256 e. The van der Waals surface area contributed by atoms with Gasteiger partial charge in [-0.1, -0.05) is 11.6 Å². The molecule has 1 aromatic rings. The first kappa shape index (κ1) is 11.4. The molecule has 0 unspecified atom stereocenters. The molecule has 2 N–H and O–H groups in total. The molecule has 0 spiro atoms. The Labute approximate surface area is 98.0 Å². The summed E-state index contributed by atoms with van der Waals surface area (Å²) in [7, 11) is 0. The van der Waals surface area contributed by atoms with Crippen LogP contribution in [0, 0.1) is 5.82 Å². The van der Waals surface area contributed by atoms with E-state index in [1.807, 2.05) is 0 Å². The summed E-state index contributed by atoms with van der Waals surface area (Å²) < 4.78 is 13.5. The van der Waals surface area contributed by atoms with Gasteiger partial charge in [0.2, 0.25) is 0 Å². The van der Waals surface area contributed by atoms with Gasteiger partial charge in [0.15, 0.2) is 0 Å². The monoisotopic (exact) mass is 242 g/mol. The average Bonchev–Trinajstić information content (AvgIpc) is 2.64. The fraction of sp³-hybridized carbons (Fsp3) is 0.364. The summed E-state index contributed by atoms with van der Waals surface area (Å²) in [4.78, 5) is 13.5. The van der Waals surface area contributed by atoms with E-state index in [2.05, 4.69) is 0 Å². The Morgan fingerprint density at radius 1 is 1.56 bits per heavy atom. The number of likely N-dealkylation sites (tertiary alicyclic amines) is 1. The Morgan fingerprint density at radius 3 is 2.88 bits per heavy atom. The molecule has 1 saturated heterocycles. The first-order valence-corrected chi connectivity index (χ1v) is 5.45. The van der Waals surface area contributed by atoms with Crippen LogP contribution in [0.3, 0.4) is 0 Å². The van der Waals surface area contributed by atoms with E-state index in [0.717, 1.165) is 12.5 Å². The molecule has 1 aliphatic rings. The van der Waals surface area contributed by atoms with E-state index in [1.165, 1.54) is 12.1 Å². The third-order valence-electron chi connectivity index (χ3n) is 2.67. The molecule has 1 amide bonds. The Bertz CT molecular complexity index is 424. The molecule has 1 atom stereocenters. The van der Waals surface area contributed by atoms with Crippen LogP contribution in [0.4, 0.5) is 4.39 Å². The molecule has 2 rings (SSSR count). The quantitative estimate of drug-likeness (QED) is 0.814. The van der Waals surface area contributed by atoms with Crippen molar-refractivity contribution in [3.8, 4) is 0 Å². The number of benzene rings is 1. The van der Waals surface area contributed by atoms with Crippen LogP contribution in [0.15, 0.2) is 18.2 Å². The van der Waals surface area contributed by atoms with Crippen LogP contribution in [0.25, 0.3) is 0 Å². The molecule has 0 aromatic heterocycles. The number of nitrogens with two attached hydrogens (primary N) is 1. The topological polar surface area (TPSA) is 46.3 Å². The number of hydrogen-bond acceptors (Lipinski definition) is 2. The maximum atomic E-state index is 13.5. The predicted octanol–water partition coefficient (Wildman–Crippen LogP) is 1.65. The van der Waals surface area contributed by atoms with Crippen LogP contribution in [-0.2, 0) is 0 Å². The lowest BCUT2D eigenvalue weighted by Gasteiger charge is -2.16. The van der Waals surface area contributed by atoms with Crippen molar-refractivity contribution < 1.29 is 9.18 Å². The number of carbonyl (C=O) groups excluding carboxylic acids is 1. The summed E-state index contributed by atoms with van der Waals surface area (Å²) in [6.45, 7) is 1.07. The Kier molecular flexibility index (Phi) is 3.12. The fourth-order valence-electron chi connectivity index (χ4n) is 1.81. The van der Waals surface area contributed by atoms with Gasteiger partial charge in [-0.2, -0.15) is 0 Å². The van der Waals surface area contributed by atoms with E-state index < -0.39 is 5.82 Å². The largest absolute Gasteiger partial charge is 0.337 e. The van der Waals surface area contributed by atoms with Crippen molar-refractivity contribution >= 4 is 17.5 Å². The van der Waals surface area contributed by atoms with Crippen molar-refractivity contribution in [2.75, 3.05) is 13.1 Å². The van der Waals surface area contributed by atoms with Crippen LogP contribution in [-0.4, -0.2) is 29.9 Å². The first-order chi connectivity index (χ1) is 7.58. The molecule has 3 nitrogen and oxygen atoms in total. The van der Waals surface area contributed by atoms with E-state index in [-0.39, 0.29) is 22.5 Å². The lowest BCUT2D eigenvalue weighted by Crippen LogP contribution is -2.32. The maximum absolute atomic E-state index is 13.5. The molecule has 0 saturated carbocycles. The zero-order chi connectivity index (χ0) is 11.7. The second-order valence-electron chi connectivity index (χ2n) is 3.92. The SMILES string of the molecule is N[C@@H]1CCN(C(=O)c2ccc(Cl)cc2F)C1. The fourth-order valence-corrected chi connectivity index (χ4v) is 1.96. The van der Waals surface area contributed by atoms with Crippen LogP contribution in [0.1, 0.15) is 16.8 Å². The second-order valence-corrected chi connectivity index (χ2v) is 4.36. The molecule has 1 aliphatic heterocycles. The Hall–Kier alpha value is -1.13. The van der Waals surface area contributed by atoms with Crippen molar-refractivity contribution in [1.82, 2.24) is 4.90 Å². The molecule has 16 heavy (non-hydrogen) atoms. The summed E-state index contributed by atoms with van der Waals surface area (Å²) in [6.07, 6.45) is 0.765. The second kappa shape index (κ2) is 4.39. The Balaban J connectivity index is 2.21. The lowest BCUT2D eigenvalue weighted by atomic mass is 10.2. The van der Waals surface area contributed by atoms with E-state index >= 15 is 0 Å². The minimum absolute atomic E-state index is 0.000638. The molecular weight excluding hydrogens is 231 g/mol. The number of hydrogen-bond donors (Lipinski definition) is 1. The van der Waals surface area contributed by atoms with Gasteiger partial charge in [0.25, 0.3) is 5.91 Å². The van der Waals surface area contributed by atoms with Gasteiger partial charge < -0.3 is 10.6 Å². The van der Waals surface area contributed by atoms with Crippen molar-refractivity contribution in [3.63, 3.8) is 0 Å². The number of amides is 1. The van der Waals surface area contributed by atoms with E-state index in [4.69, 9.17) is 17.3 Å². The highest BCUT2D eigenvalue weighted by atomic mass is 35.5. The van der Waals surface area contributed by atoms with E-state index in [9.17, 15) is 9.18 Å². The zero-order valence-corrected chi connectivity index (χ0v) is 9.38. The number of carbonyl (C=O) groups is 1. The highest BCUT2D eigenvalue weighted by Gasteiger charge is 2.26. The molecule has 1 heterocycles. The van der Waals surface area contributed by atoms with Gasteiger partial charge in [-0.15, -0.1) is 0 Å². The Morgan fingerprint density at radius 2 is 2.31 bits per heavy atom. The number of rotatable bonds is 1. The minimum atomic E-state index is -0.585. The van der Waals surface area contributed by atoms with E-state index in [1.54, 1.807) is 4.90 Å². The van der Waals surface area contributed by atoms with Gasteiger partial charge in [0.05, 0.1) is 5.56 Å². The highest BCUT2D eigenvalue weighted by molar-refractivity contribution is 6.30. The summed E-state index contributed by atoms with van der Waals surface area (Å²) >= 11 is 5.62. The molecule has 1 fully saturated rings. The van der Waals surface area contributed by atoms with Crippen LogP contribution in [0.2, 0.25) is 5.02 Å². The molecule has 1 aromatic carbocycles. The van der Waals surface area contributed by atoms with Crippen molar-refractivity contribution in [2.24, 2.45) is 5.73 Å². The number of halogens is 2. The zero-order valence-electron chi connectivity index (χ0n) is 8.62. The molecule has 86 valence electrons. The van der Waals surface area contributed by atoms with Crippen molar-refractivity contribution in [3.05, 3.63) is 34.6 Å². The summed E-state index contributed by atoms with van der Waals surface area (Å²) in [5, 5.41) is 0.284. The van der Waals surface area contributed by atoms with Crippen molar-refractivity contribution in [1.29, 1.82) is 0 Å². The number of nitrogens with zero attached hydrogens (tertiary/aromatic N) is 1. The van der Waals surface area contributed by atoms with Gasteiger partial charge in [0, 0.05) is 24.2 Å². The highest BCUT2D eigenvalue weighted by Crippen LogP contribution is 2.18. The van der Waals surface area contributed by atoms with Gasteiger partial charge in [0.1, 0.15) is 5.82 Å². The molecule has 0 radical (unpaired) electrons. The predicted molar refractivity (Wildman–Crippen MR) is 59.9 cm³/mol. The first-order valence-electron chi connectivity index (χ1n) is 5.08. The van der Waals surface area contributed by atoms with Gasteiger partial charge in [-0.3, -0.25) is 4.79 Å². The van der Waals surface area contributed by atoms with Crippen molar-refractivity contribution in [2.45, 2.75) is 12.5 Å². The normalized spacial score (nSPS) is 20.2. The van der Waals surface area contributed by atoms with Crippen LogP contribution < -0.4 is 5.73 Å². The summed E-state index contributed by atoms with van der Waals surface area (Å²) in [5.41, 5.74) is 5.75. The molecule has 0 aliphatic carbocycles. The lowest BCUT2D eigenvalue weighted by molar-refractivity contribution is 0.0786. The smallest absolute Gasteiger partial charge is 0.256 e. The average molecular weight is 243 g/mol. The minimum Gasteiger partial charge on any atom is -0.337 e. The van der Waals surface area contributed by atoms with Crippen LogP contribution >= 0.6 is 11.6 Å². The molecule has 5 heteroatoms. The van der Waals surface area contributed by atoms with Crippen LogP contribution in [0.5, 0.6) is 0 Å². The molecule has 0 bridgehead atoms. The third-order valence-corrected chi connectivity index (χ3v) is 2.91. The third kappa shape index (κ3) is 2.18. The summed E-state index contributed by atoms with van der Waals surface area (Å²) in [5.74, 6) is -0.903. The van der Waals surface area contributed by atoms with E-state index in [0.29, 0.717) is 13.1 Å². The standard InChI is InChI=1S/C11H12ClFN2O/c12-7-1-2-9(10(13)5-7)11(16)15-4-3-8(14)6-15/h1-2,5,8H,3-4,6,14H2/t8-/m1/s1. The van der Waals surface area contributed by atoms with Gasteiger partial charge >= 0.3 is 0 Å².